The second kappa shape index (κ2) is 6.66. The highest BCUT2D eigenvalue weighted by atomic mass is 16.5. The average molecular weight is 185 g/mol. The first-order valence-corrected chi connectivity index (χ1v) is 4.63. The van der Waals surface area contributed by atoms with Crippen molar-refractivity contribution < 1.29 is 9.53 Å². The van der Waals surface area contributed by atoms with Gasteiger partial charge in [-0.3, -0.25) is 0 Å². The van der Waals surface area contributed by atoms with E-state index in [0.717, 1.165) is 0 Å². The van der Waals surface area contributed by atoms with Gasteiger partial charge in [-0.05, 0) is 25.3 Å². The molecule has 3 nitrogen and oxygen atoms in total. The summed E-state index contributed by atoms with van der Waals surface area (Å²) >= 11 is 0. The number of carbonyl (C=O) groups excluding carboxylic acids is 1. The number of esters is 1. The molecular formula is C10H19NO2. The Kier molecular flexibility index (Phi) is 6.24. The second-order valence-corrected chi connectivity index (χ2v) is 3.48. The van der Waals surface area contributed by atoms with Crippen molar-refractivity contribution in [2.45, 2.75) is 26.7 Å². The van der Waals surface area contributed by atoms with Crippen molar-refractivity contribution in [1.29, 1.82) is 0 Å². The number of hydrogen-bond donors (Lipinski definition) is 1. The van der Waals surface area contributed by atoms with Gasteiger partial charge < -0.3 is 10.5 Å². The Balaban J connectivity index is 3.64. The zero-order valence-corrected chi connectivity index (χ0v) is 8.51. The summed E-state index contributed by atoms with van der Waals surface area (Å²) in [6.45, 7) is 8.69. The van der Waals surface area contributed by atoms with Gasteiger partial charge in [0.05, 0.1) is 6.61 Å². The number of hydrogen-bond acceptors (Lipinski definition) is 3. The number of rotatable bonds is 6. The Labute approximate surface area is 79.9 Å². The van der Waals surface area contributed by atoms with Gasteiger partial charge in [0.25, 0.3) is 0 Å². The van der Waals surface area contributed by atoms with Crippen LogP contribution in [0.15, 0.2) is 12.2 Å². The van der Waals surface area contributed by atoms with Crippen LogP contribution < -0.4 is 5.73 Å². The first-order chi connectivity index (χ1) is 6.07. The molecule has 0 unspecified atom stereocenters. The van der Waals surface area contributed by atoms with Crippen LogP contribution in [-0.2, 0) is 9.53 Å². The number of nitrogens with two attached hydrogens (primary N) is 1. The highest BCUT2D eigenvalue weighted by Crippen LogP contribution is 2.09. The minimum Gasteiger partial charge on any atom is -0.462 e. The molecule has 0 saturated carbocycles. The van der Waals surface area contributed by atoms with E-state index in [2.05, 4.69) is 6.58 Å². The second-order valence-electron chi connectivity index (χ2n) is 3.48. The normalized spacial score (nSPS) is 10.2. The van der Waals surface area contributed by atoms with Crippen molar-refractivity contribution in [3.05, 3.63) is 12.2 Å². The van der Waals surface area contributed by atoms with Gasteiger partial charge in [-0.15, -0.1) is 0 Å². The van der Waals surface area contributed by atoms with Gasteiger partial charge in [0, 0.05) is 5.57 Å². The Morgan fingerprint density at radius 1 is 1.54 bits per heavy atom. The van der Waals surface area contributed by atoms with Crippen LogP contribution in [0.3, 0.4) is 0 Å². The molecule has 76 valence electrons. The molecule has 2 N–H and O–H groups in total. The Morgan fingerprint density at radius 3 is 2.62 bits per heavy atom. The molecule has 0 atom stereocenters. The number of carbonyl (C=O) groups is 1. The fourth-order valence-electron chi connectivity index (χ4n) is 0.926. The third kappa shape index (κ3) is 6.34. The van der Waals surface area contributed by atoms with Crippen LogP contribution >= 0.6 is 0 Å². The third-order valence-corrected chi connectivity index (χ3v) is 1.52. The predicted molar refractivity (Wildman–Crippen MR) is 53.2 cm³/mol. The molecule has 0 aliphatic heterocycles. The Morgan fingerprint density at radius 2 is 2.15 bits per heavy atom. The van der Waals surface area contributed by atoms with Gasteiger partial charge in [0.2, 0.25) is 0 Å². The monoisotopic (exact) mass is 185 g/mol. The minimum atomic E-state index is -0.290. The largest absolute Gasteiger partial charge is 0.462 e. The van der Waals surface area contributed by atoms with Crippen molar-refractivity contribution in [2.24, 2.45) is 11.7 Å². The van der Waals surface area contributed by atoms with Gasteiger partial charge >= 0.3 is 5.97 Å². The zero-order chi connectivity index (χ0) is 10.3. The lowest BCUT2D eigenvalue weighted by Crippen LogP contribution is -2.12. The molecule has 0 aromatic rings. The van der Waals surface area contributed by atoms with E-state index in [9.17, 15) is 4.79 Å². The van der Waals surface area contributed by atoms with E-state index in [4.69, 9.17) is 10.5 Å². The minimum absolute atomic E-state index is 0.290. The van der Waals surface area contributed by atoms with E-state index in [1.165, 1.54) is 0 Å². The molecular weight excluding hydrogens is 166 g/mol. The van der Waals surface area contributed by atoms with Crippen LogP contribution in [0, 0.1) is 5.92 Å². The number of ether oxygens (including phenoxy) is 1. The summed E-state index contributed by atoms with van der Waals surface area (Å²) in [5, 5.41) is 0. The molecule has 0 heterocycles. The van der Waals surface area contributed by atoms with Crippen LogP contribution in [0.4, 0.5) is 0 Å². The van der Waals surface area contributed by atoms with Crippen LogP contribution in [0.25, 0.3) is 0 Å². The molecule has 0 rings (SSSR count). The summed E-state index contributed by atoms with van der Waals surface area (Å²) in [5.41, 5.74) is 5.81. The van der Waals surface area contributed by atoms with Crippen LogP contribution in [0.5, 0.6) is 0 Å². The van der Waals surface area contributed by atoms with E-state index in [-0.39, 0.29) is 5.97 Å². The maximum Gasteiger partial charge on any atom is 0.333 e. The molecule has 0 aliphatic rings. The smallest absolute Gasteiger partial charge is 0.333 e. The molecule has 0 radical (unpaired) electrons. The van der Waals surface area contributed by atoms with Crippen molar-refractivity contribution in [3.63, 3.8) is 0 Å². The summed E-state index contributed by atoms with van der Waals surface area (Å²) in [5.74, 6) is 0.150. The van der Waals surface area contributed by atoms with E-state index >= 15 is 0 Å². The van der Waals surface area contributed by atoms with Gasteiger partial charge in [-0.25, -0.2) is 4.79 Å². The van der Waals surface area contributed by atoms with Crippen LogP contribution in [0.2, 0.25) is 0 Å². The molecule has 0 amide bonds. The van der Waals surface area contributed by atoms with Crippen molar-refractivity contribution in [3.8, 4) is 0 Å². The standard InChI is InChI=1S/C10H19NO2/c1-8(2)7-9(3)10(12)13-6-4-5-11/h8H,3-7,11H2,1-2H3. The quantitative estimate of drug-likeness (QED) is 0.387. The predicted octanol–water partition coefficient (Wildman–Crippen LogP) is 1.48. The highest BCUT2D eigenvalue weighted by molar-refractivity contribution is 5.87. The maximum absolute atomic E-state index is 11.2. The van der Waals surface area contributed by atoms with Gasteiger partial charge in [0.1, 0.15) is 0 Å². The SMILES string of the molecule is C=C(CC(C)C)C(=O)OCCCN. The average Bonchev–Trinajstić information content (AvgIpc) is 2.03. The van der Waals surface area contributed by atoms with E-state index in [1.54, 1.807) is 0 Å². The molecule has 0 aromatic carbocycles. The lowest BCUT2D eigenvalue weighted by Gasteiger charge is -2.08. The summed E-state index contributed by atoms with van der Waals surface area (Å²) in [7, 11) is 0. The van der Waals surface area contributed by atoms with Crippen LogP contribution in [0.1, 0.15) is 26.7 Å². The van der Waals surface area contributed by atoms with Gasteiger partial charge in [0.15, 0.2) is 0 Å². The molecule has 0 fully saturated rings. The van der Waals surface area contributed by atoms with Crippen molar-refractivity contribution >= 4 is 5.97 Å². The fraction of sp³-hybridized carbons (Fsp3) is 0.700. The van der Waals surface area contributed by atoms with E-state index in [1.807, 2.05) is 13.8 Å². The van der Waals surface area contributed by atoms with E-state index in [0.29, 0.717) is 37.5 Å². The van der Waals surface area contributed by atoms with Crippen molar-refractivity contribution in [1.82, 2.24) is 0 Å². The molecule has 3 heteroatoms. The Bertz CT molecular complexity index is 176. The molecule has 13 heavy (non-hydrogen) atoms. The Hall–Kier alpha value is -0.830. The molecule has 0 saturated heterocycles. The topological polar surface area (TPSA) is 52.3 Å². The third-order valence-electron chi connectivity index (χ3n) is 1.52. The summed E-state index contributed by atoms with van der Waals surface area (Å²) < 4.78 is 4.93. The first-order valence-electron chi connectivity index (χ1n) is 4.63. The molecule has 0 spiro atoms. The summed E-state index contributed by atoms with van der Waals surface area (Å²) in [6, 6.07) is 0. The van der Waals surface area contributed by atoms with Crippen molar-refractivity contribution in [2.75, 3.05) is 13.2 Å². The van der Waals surface area contributed by atoms with Gasteiger partial charge in [-0.2, -0.15) is 0 Å². The molecule has 0 bridgehead atoms. The summed E-state index contributed by atoms with van der Waals surface area (Å²) in [6.07, 6.45) is 1.40. The van der Waals surface area contributed by atoms with Gasteiger partial charge in [-0.1, -0.05) is 20.4 Å². The lowest BCUT2D eigenvalue weighted by atomic mass is 10.1. The van der Waals surface area contributed by atoms with E-state index < -0.39 is 0 Å². The lowest BCUT2D eigenvalue weighted by molar-refractivity contribution is -0.139. The fourth-order valence-corrected chi connectivity index (χ4v) is 0.926. The highest BCUT2D eigenvalue weighted by Gasteiger charge is 2.09. The van der Waals surface area contributed by atoms with Crippen LogP contribution in [-0.4, -0.2) is 19.1 Å². The zero-order valence-electron chi connectivity index (χ0n) is 8.51. The summed E-state index contributed by atoms with van der Waals surface area (Å²) in [4.78, 5) is 11.2. The maximum atomic E-state index is 11.2. The molecule has 0 aliphatic carbocycles. The molecule has 0 aromatic heterocycles. The first kappa shape index (κ1) is 12.2.